The average molecular weight is 260 g/mol. The second kappa shape index (κ2) is 3.67. The number of H-pyrrole nitrogens is 2. The number of aromatic nitrogens is 2. The SMILES string of the molecule is O=c1[nH]c2cc(F)c([N+](=O)[O-])c(Cl)c2[nH]c1=O. The van der Waals surface area contributed by atoms with E-state index in [1.54, 1.807) is 0 Å². The monoisotopic (exact) mass is 259 g/mol. The molecule has 17 heavy (non-hydrogen) atoms. The molecule has 0 aliphatic carbocycles. The fourth-order valence-corrected chi connectivity index (χ4v) is 1.65. The van der Waals surface area contributed by atoms with Gasteiger partial charge in [-0.25, -0.2) is 0 Å². The molecule has 2 rings (SSSR count). The predicted octanol–water partition coefficient (Wildman–Crippen LogP) is 0.917. The minimum Gasteiger partial charge on any atom is -0.316 e. The van der Waals surface area contributed by atoms with Crippen LogP contribution in [-0.2, 0) is 0 Å². The maximum absolute atomic E-state index is 13.3. The second-order valence-corrected chi connectivity index (χ2v) is 3.49. The third-order valence-electron chi connectivity index (χ3n) is 2.07. The lowest BCUT2D eigenvalue weighted by Gasteiger charge is -2.01. The zero-order valence-electron chi connectivity index (χ0n) is 7.91. The van der Waals surface area contributed by atoms with Gasteiger partial charge < -0.3 is 9.97 Å². The van der Waals surface area contributed by atoms with Gasteiger partial charge in [-0.2, -0.15) is 4.39 Å². The standard InChI is InChI=1S/C8H3ClFN3O4/c9-4-5-3(11-7(14)8(15)12-5)1-2(10)6(4)13(16)17/h1H,(H,11,14)(H,12,15). The lowest BCUT2D eigenvalue weighted by atomic mass is 10.2. The van der Waals surface area contributed by atoms with E-state index in [4.69, 9.17) is 11.6 Å². The van der Waals surface area contributed by atoms with Crippen LogP contribution in [0.2, 0.25) is 5.02 Å². The Kier molecular flexibility index (Phi) is 2.43. The highest BCUT2D eigenvalue weighted by Crippen LogP contribution is 2.32. The van der Waals surface area contributed by atoms with Gasteiger partial charge in [0, 0.05) is 6.07 Å². The Morgan fingerprint density at radius 2 is 1.88 bits per heavy atom. The van der Waals surface area contributed by atoms with Gasteiger partial charge in [0.1, 0.15) is 5.02 Å². The average Bonchev–Trinajstić information content (AvgIpc) is 2.21. The molecular weight excluding hydrogens is 257 g/mol. The lowest BCUT2D eigenvalue weighted by Crippen LogP contribution is -2.29. The van der Waals surface area contributed by atoms with E-state index in [1.807, 2.05) is 4.98 Å². The van der Waals surface area contributed by atoms with E-state index in [2.05, 4.69) is 4.98 Å². The zero-order chi connectivity index (χ0) is 12.7. The van der Waals surface area contributed by atoms with Crippen molar-refractivity contribution in [1.29, 1.82) is 0 Å². The Bertz CT molecular complexity index is 751. The first-order chi connectivity index (χ1) is 7.91. The van der Waals surface area contributed by atoms with E-state index in [0.717, 1.165) is 6.07 Å². The van der Waals surface area contributed by atoms with Crippen LogP contribution in [0.5, 0.6) is 0 Å². The molecule has 0 saturated heterocycles. The quantitative estimate of drug-likeness (QED) is 0.451. The molecule has 0 saturated carbocycles. The van der Waals surface area contributed by atoms with Crippen LogP contribution in [0, 0.1) is 15.9 Å². The second-order valence-electron chi connectivity index (χ2n) is 3.11. The van der Waals surface area contributed by atoms with Gasteiger partial charge in [0.05, 0.1) is 16.0 Å². The number of halogens is 2. The molecule has 0 bridgehead atoms. The van der Waals surface area contributed by atoms with E-state index in [-0.39, 0.29) is 11.0 Å². The minimum atomic E-state index is -1.20. The van der Waals surface area contributed by atoms with Gasteiger partial charge in [0.15, 0.2) is 0 Å². The van der Waals surface area contributed by atoms with Crippen LogP contribution in [-0.4, -0.2) is 14.9 Å². The van der Waals surface area contributed by atoms with Gasteiger partial charge in [-0.05, 0) is 0 Å². The van der Waals surface area contributed by atoms with Crippen molar-refractivity contribution in [3.63, 3.8) is 0 Å². The fraction of sp³-hybridized carbons (Fsp3) is 0. The van der Waals surface area contributed by atoms with Gasteiger partial charge in [-0.15, -0.1) is 0 Å². The molecule has 1 aromatic carbocycles. The summed E-state index contributed by atoms with van der Waals surface area (Å²) >= 11 is 5.59. The molecule has 2 N–H and O–H groups in total. The molecule has 2 aromatic rings. The van der Waals surface area contributed by atoms with Crippen molar-refractivity contribution in [2.45, 2.75) is 0 Å². The van der Waals surface area contributed by atoms with E-state index in [0.29, 0.717) is 0 Å². The molecule has 1 aromatic heterocycles. The molecule has 9 heteroatoms. The summed E-state index contributed by atoms with van der Waals surface area (Å²) in [5.74, 6) is -1.20. The highest BCUT2D eigenvalue weighted by atomic mass is 35.5. The van der Waals surface area contributed by atoms with Gasteiger partial charge in [0.2, 0.25) is 5.82 Å². The van der Waals surface area contributed by atoms with Crippen molar-refractivity contribution in [1.82, 2.24) is 9.97 Å². The van der Waals surface area contributed by atoms with Crippen molar-refractivity contribution in [3.8, 4) is 0 Å². The summed E-state index contributed by atoms with van der Waals surface area (Å²) in [5, 5.41) is 9.98. The molecule has 0 aliphatic heterocycles. The van der Waals surface area contributed by atoms with Crippen molar-refractivity contribution in [3.05, 3.63) is 47.7 Å². The van der Waals surface area contributed by atoms with E-state index >= 15 is 0 Å². The Morgan fingerprint density at radius 3 is 2.47 bits per heavy atom. The first kappa shape index (κ1) is 11.3. The number of nitro groups is 1. The molecule has 0 atom stereocenters. The fourth-order valence-electron chi connectivity index (χ4n) is 1.35. The van der Waals surface area contributed by atoms with Gasteiger partial charge in [-0.1, -0.05) is 11.6 Å². The molecule has 0 spiro atoms. The molecule has 88 valence electrons. The Balaban J connectivity index is 3.02. The number of benzene rings is 1. The number of rotatable bonds is 1. The Morgan fingerprint density at radius 1 is 1.29 bits per heavy atom. The summed E-state index contributed by atoms with van der Waals surface area (Å²) in [5.41, 5.74) is -3.30. The van der Waals surface area contributed by atoms with E-state index < -0.39 is 32.6 Å². The number of fused-ring (bicyclic) bond motifs is 1. The highest BCUT2D eigenvalue weighted by Gasteiger charge is 2.23. The normalized spacial score (nSPS) is 10.7. The number of nitrogens with one attached hydrogen (secondary N) is 2. The topological polar surface area (TPSA) is 109 Å². The first-order valence-corrected chi connectivity index (χ1v) is 4.58. The number of hydrogen-bond donors (Lipinski definition) is 2. The number of hydrogen-bond acceptors (Lipinski definition) is 4. The van der Waals surface area contributed by atoms with Crippen LogP contribution in [0.1, 0.15) is 0 Å². The summed E-state index contributed by atoms with van der Waals surface area (Å²) in [6.45, 7) is 0. The van der Waals surface area contributed by atoms with Crippen LogP contribution in [0.4, 0.5) is 10.1 Å². The van der Waals surface area contributed by atoms with Crippen LogP contribution >= 0.6 is 11.6 Å². The third kappa shape index (κ3) is 1.68. The van der Waals surface area contributed by atoms with Crippen LogP contribution < -0.4 is 11.1 Å². The molecule has 7 nitrogen and oxygen atoms in total. The van der Waals surface area contributed by atoms with Crippen molar-refractivity contribution in [2.24, 2.45) is 0 Å². The molecule has 0 radical (unpaired) electrons. The third-order valence-corrected chi connectivity index (χ3v) is 2.44. The Labute approximate surface area is 96.0 Å². The highest BCUT2D eigenvalue weighted by molar-refractivity contribution is 6.37. The number of nitrogens with zero attached hydrogens (tertiary/aromatic N) is 1. The van der Waals surface area contributed by atoms with Crippen molar-refractivity contribution in [2.75, 3.05) is 0 Å². The molecule has 0 fully saturated rings. The molecule has 0 unspecified atom stereocenters. The zero-order valence-corrected chi connectivity index (χ0v) is 8.67. The van der Waals surface area contributed by atoms with Gasteiger partial charge >= 0.3 is 16.8 Å². The van der Waals surface area contributed by atoms with E-state index in [9.17, 15) is 24.1 Å². The van der Waals surface area contributed by atoms with Crippen molar-refractivity contribution < 1.29 is 9.31 Å². The number of nitro benzene ring substituents is 1. The van der Waals surface area contributed by atoms with Gasteiger partial charge in [-0.3, -0.25) is 19.7 Å². The summed E-state index contributed by atoms with van der Waals surface area (Å²) in [6, 6.07) is 0.719. The summed E-state index contributed by atoms with van der Waals surface area (Å²) < 4.78 is 13.3. The maximum atomic E-state index is 13.3. The van der Waals surface area contributed by atoms with Crippen molar-refractivity contribution >= 4 is 28.3 Å². The smallest absolute Gasteiger partial charge is 0.316 e. The predicted molar refractivity (Wildman–Crippen MR) is 56.8 cm³/mol. The molecular formula is C8H3ClFN3O4. The van der Waals surface area contributed by atoms with Crippen LogP contribution in [0.15, 0.2) is 15.7 Å². The molecule has 0 aliphatic rings. The van der Waals surface area contributed by atoms with Gasteiger partial charge in [0.25, 0.3) is 0 Å². The maximum Gasteiger partial charge on any atom is 0.325 e. The van der Waals surface area contributed by atoms with Crippen LogP contribution in [0.25, 0.3) is 11.0 Å². The molecule has 0 amide bonds. The summed E-state index contributed by atoms with van der Waals surface area (Å²) in [7, 11) is 0. The van der Waals surface area contributed by atoms with Crippen LogP contribution in [0.3, 0.4) is 0 Å². The van der Waals surface area contributed by atoms with E-state index in [1.165, 1.54) is 0 Å². The first-order valence-electron chi connectivity index (χ1n) is 4.20. The summed E-state index contributed by atoms with van der Waals surface area (Å²) in [4.78, 5) is 35.7. The lowest BCUT2D eigenvalue weighted by molar-refractivity contribution is -0.387. The number of aromatic amines is 2. The minimum absolute atomic E-state index is 0.122. The molecule has 1 heterocycles. The Hall–Kier alpha value is -2.22. The summed E-state index contributed by atoms with van der Waals surface area (Å²) in [6.07, 6.45) is 0. The largest absolute Gasteiger partial charge is 0.325 e.